The summed E-state index contributed by atoms with van der Waals surface area (Å²) in [5, 5.41) is 22.4. The maximum atomic E-state index is 12.4. The van der Waals surface area contributed by atoms with Crippen molar-refractivity contribution in [1.29, 1.82) is 10.7 Å². The van der Waals surface area contributed by atoms with Gasteiger partial charge in [-0.25, -0.2) is 0 Å². The van der Waals surface area contributed by atoms with Crippen molar-refractivity contribution in [2.45, 2.75) is 0 Å². The zero-order valence-electron chi connectivity index (χ0n) is 12.0. The van der Waals surface area contributed by atoms with E-state index >= 15 is 0 Å². The van der Waals surface area contributed by atoms with Gasteiger partial charge < -0.3 is 14.5 Å². The second-order valence-electron chi connectivity index (χ2n) is 4.60. The van der Waals surface area contributed by atoms with Crippen LogP contribution in [-0.4, -0.2) is 13.0 Å². The number of para-hydroxylation sites is 1. The second kappa shape index (κ2) is 5.94. The van der Waals surface area contributed by atoms with Gasteiger partial charge in [0.1, 0.15) is 16.6 Å². The Morgan fingerprint density at radius 3 is 3.00 bits per heavy atom. The molecule has 114 valence electrons. The fraction of sp³-hybridized carbons (Fsp3) is 0.0625. The molecule has 1 amide bonds. The lowest BCUT2D eigenvalue weighted by atomic mass is 10.1. The number of hydrogen-bond acceptors (Lipinski definition) is 6. The first-order valence-corrected chi connectivity index (χ1v) is 7.46. The minimum atomic E-state index is -0.498. The third-order valence-electron chi connectivity index (χ3n) is 3.24. The fourth-order valence-electron chi connectivity index (χ4n) is 2.13. The van der Waals surface area contributed by atoms with Crippen molar-refractivity contribution in [3.05, 3.63) is 52.4 Å². The van der Waals surface area contributed by atoms with E-state index in [4.69, 9.17) is 19.8 Å². The summed E-state index contributed by atoms with van der Waals surface area (Å²) in [6, 6.07) is 10.4. The predicted molar refractivity (Wildman–Crippen MR) is 85.6 cm³/mol. The van der Waals surface area contributed by atoms with Crippen molar-refractivity contribution < 1.29 is 13.9 Å². The van der Waals surface area contributed by atoms with Crippen LogP contribution in [0.1, 0.15) is 15.9 Å². The molecule has 0 aliphatic carbocycles. The molecule has 0 aliphatic rings. The Balaban J connectivity index is 2.03. The normalized spacial score (nSPS) is 10.3. The minimum Gasteiger partial charge on any atom is -0.493 e. The van der Waals surface area contributed by atoms with Crippen molar-refractivity contribution in [1.82, 2.24) is 0 Å². The number of ether oxygens (including phenoxy) is 1. The number of carbonyl (C=O) groups excluding carboxylic acids is 1. The number of benzene rings is 1. The zero-order chi connectivity index (χ0) is 16.4. The van der Waals surface area contributed by atoms with Crippen molar-refractivity contribution >= 4 is 33.2 Å². The van der Waals surface area contributed by atoms with Crippen LogP contribution in [0.15, 0.2) is 40.1 Å². The van der Waals surface area contributed by atoms with Gasteiger partial charge in [0.05, 0.1) is 12.7 Å². The number of methoxy groups -OCH3 is 1. The van der Waals surface area contributed by atoms with E-state index < -0.39 is 5.91 Å². The molecular formula is C16H11N3O3S. The molecule has 0 bridgehead atoms. The number of nitrogens with one attached hydrogen (secondary N) is 2. The Hall–Kier alpha value is -3.11. The Morgan fingerprint density at radius 1 is 1.43 bits per heavy atom. The summed E-state index contributed by atoms with van der Waals surface area (Å²) in [7, 11) is 1.51. The third kappa shape index (κ3) is 2.67. The number of carbonyl (C=O) groups is 1. The molecular weight excluding hydrogens is 314 g/mol. The highest BCUT2D eigenvalue weighted by atomic mass is 32.1. The quantitative estimate of drug-likeness (QED) is 0.773. The van der Waals surface area contributed by atoms with Gasteiger partial charge in [-0.3, -0.25) is 10.2 Å². The molecule has 0 spiro atoms. The molecule has 1 aromatic carbocycles. The SMILES string of the molecule is COc1cccc2cc(C(=O)Nc3sccc3C#N)c(=N)oc12. The molecule has 0 aliphatic heterocycles. The number of anilines is 1. The van der Waals surface area contributed by atoms with Crippen LogP contribution in [0.2, 0.25) is 0 Å². The van der Waals surface area contributed by atoms with Gasteiger partial charge in [-0.2, -0.15) is 5.26 Å². The molecule has 23 heavy (non-hydrogen) atoms. The fourth-order valence-corrected chi connectivity index (χ4v) is 2.86. The molecule has 2 heterocycles. The number of hydrogen-bond donors (Lipinski definition) is 2. The number of thiophene rings is 1. The molecule has 6 nitrogen and oxygen atoms in total. The molecule has 3 rings (SSSR count). The van der Waals surface area contributed by atoms with Crippen LogP contribution < -0.4 is 15.6 Å². The van der Waals surface area contributed by atoms with Crippen LogP contribution >= 0.6 is 11.3 Å². The van der Waals surface area contributed by atoms with Gasteiger partial charge in [-0.05, 0) is 23.6 Å². The van der Waals surface area contributed by atoms with E-state index in [1.54, 1.807) is 35.7 Å². The summed E-state index contributed by atoms with van der Waals surface area (Å²) in [5.74, 6) is -0.00426. The van der Waals surface area contributed by atoms with E-state index in [-0.39, 0.29) is 11.1 Å². The van der Waals surface area contributed by atoms with E-state index in [0.717, 1.165) is 0 Å². The van der Waals surface area contributed by atoms with Crippen LogP contribution in [0.25, 0.3) is 11.0 Å². The van der Waals surface area contributed by atoms with E-state index in [1.165, 1.54) is 18.4 Å². The zero-order valence-corrected chi connectivity index (χ0v) is 12.9. The highest BCUT2D eigenvalue weighted by Crippen LogP contribution is 2.26. The smallest absolute Gasteiger partial charge is 0.261 e. The molecule has 0 unspecified atom stereocenters. The van der Waals surface area contributed by atoms with E-state index in [0.29, 0.717) is 27.3 Å². The Kier molecular flexibility index (Phi) is 3.83. The molecule has 0 saturated carbocycles. The second-order valence-corrected chi connectivity index (χ2v) is 5.51. The van der Waals surface area contributed by atoms with Crippen molar-refractivity contribution in [3.8, 4) is 11.8 Å². The number of fused-ring (bicyclic) bond motifs is 1. The summed E-state index contributed by atoms with van der Waals surface area (Å²) < 4.78 is 10.6. The first kappa shape index (κ1) is 14.8. The van der Waals surface area contributed by atoms with Crippen molar-refractivity contribution in [2.75, 3.05) is 12.4 Å². The summed E-state index contributed by atoms with van der Waals surface area (Å²) in [5.41, 5.74) is 0.609. The maximum absolute atomic E-state index is 12.4. The molecule has 0 saturated heterocycles. The topological polar surface area (TPSA) is 99.1 Å². The van der Waals surface area contributed by atoms with Crippen LogP contribution in [-0.2, 0) is 0 Å². The molecule has 0 fully saturated rings. The highest BCUT2D eigenvalue weighted by molar-refractivity contribution is 7.14. The van der Waals surface area contributed by atoms with Crippen molar-refractivity contribution in [2.24, 2.45) is 0 Å². The van der Waals surface area contributed by atoms with Crippen molar-refractivity contribution in [3.63, 3.8) is 0 Å². The molecule has 0 atom stereocenters. The van der Waals surface area contributed by atoms with Gasteiger partial charge in [-0.15, -0.1) is 11.3 Å². The number of rotatable bonds is 3. The molecule has 0 radical (unpaired) electrons. The Morgan fingerprint density at radius 2 is 2.26 bits per heavy atom. The number of nitrogens with zero attached hydrogens (tertiary/aromatic N) is 1. The summed E-state index contributed by atoms with van der Waals surface area (Å²) in [4.78, 5) is 12.4. The monoisotopic (exact) mass is 325 g/mol. The van der Waals surface area contributed by atoms with Gasteiger partial charge in [0, 0.05) is 5.39 Å². The van der Waals surface area contributed by atoms with Crippen LogP contribution in [0.5, 0.6) is 5.75 Å². The lowest BCUT2D eigenvalue weighted by Crippen LogP contribution is -2.20. The minimum absolute atomic E-state index is 0.0862. The van der Waals surface area contributed by atoms with E-state index in [2.05, 4.69) is 5.32 Å². The average molecular weight is 325 g/mol. The number of nitriles is 1. The standard InChI is InChI=1S/C16H11N3O3S/c1-21-12-4-2-3-9-7-11(14(18)22-13(9)12)15(20)19-16-10(8-17)5-6-23-16/h2-7,18H,1H3,(H,19,20). The first-order valence-electron chi connectivity index (χ1n) is 6.58. The summed E-state index contributed by atoms with van der Waals surface area (Å²) in [6.45, 7) is 0. The first-order chi connectivity index (χ1) is 11.1. The van der Waals surface area contributed by atoms with Gasteiger partial charge in [0.2, 0.25) is 5.55 Å². The van der Waals surface area contributed by atoms with E-state index in [9.17, 15) is 4.79 Å². The maximum Gasteiger partial charge on any atom is 0.261 e. The molecule has 2 aromatic heterocycles. The number of amides is 1. The Bertz CT molecular complexity index is 998. The third-order valence-corrected chi connectivity index (χ3v) is 4.07. The molecule has 3 aromatic rings. The van der Waals surface area contributed by atoms with E-state index in [1.807, 2.05) is 6.07 Å². The average Bonchev–Trinajstić information content (AvgIpc) is 3.00. The predicted octanol–water partition coefficient (Wildman–Crippen LogP) is 3.11. The highest BCUT2D eigenvalue weighted by Gasteiger charge is 2.15. The van der Waals surface area contributed by atoms with Gasteiger partial charge >= 0.3 is 0 Å². The lowest BCUT2D eigenvalue weighted by molar-refractivity contribution is 0.102. The van der Waals surface area contributed by atoms with Gasteiger partial charge in [-0.1, -0.05) is 12.1 Å². The van der Waals surface area contributed by atoms with Gasteiger partial charge in [0.25, 0.3) is 5.91 Å². The lowest BCUT2D eigenvalue weighted by Gasteiger charge is -2.07. The molecule has 7 heteroatoms. The largest absolute Gasteiger partial charge is 0.493 e. The summed E-state index contributed by atoms with van der Waals surface area (Å²) in [6.07, 6.45) is 0. The van der Waals surface area contributed by atoms with Crippen LogP contribution in [0.4, 0.5) is 5.00 Å². The Labute approximate surface area is 135 Å². The van der Waals surface area contributed by atoms with Gasteiger partial charge in [0.15, 0.2) is 11.3 Å². The van der Waals surface area contributed by atoms with Crippen LogP contribution in [0, 0.1) is 16.7 Å². The summed E-state index contributed by atoms with van der Waals surface area (Å²) >= 11 is 1.25. The molecule has 2 N–H and O–H groups in total. The van der Waals surface area contributed by atoms with Crippen LogP contribution in [0.3, 0.4) is 0 Å².